The van der Waals surface area contributed by atoms with E-state index in [0.29, 0.717) is 12.2 Å². The zero-order chi connectivity index (χ0) is 26.4. The fraction of sp³-hybridized carbons (Fsp3) is 0.242. The van der Waals surface area contributed by atoms with E-state index < -0.39 is 0 Å². The van der Waals surface area contributed by atoms with Crippen LogP contribution in [0.1, 0.15) is 49.8 Å². The van der Waals surface area contributed by atoms with Crippen molar-refractivity contribution in [3.8, 4) is 5.88 Å². The Morgan fingerprint density at radius 2 is 1.58 bits per heavy atom. The molecule has 0 saturated heterocycles. The molecule has 2 atom stereocenters. The van der Waals surface area contributed by atoms with Crippen LogP contribution in [0.4, 0.5) is 5.69 Å². The van der Waals surface area contributed by atoms with E-state index in [1.54, 1.807) is 0 Å². The number of para-hydroxylation sites is 1. The van der Waals surface area contributed by atoms with Gasteiger partial charge in [0, 0.05) is 11.3 Å². The molecular formula is C33H31N3O2. The van der Waals surface area contributed by atoms with Gasteiger partial charge in [0.25, 0.3) is 5.91 Å². The lowest BCUT2D eigenvalue weighted by atomic mass is 9.86. The van der Waals surface area contributed by atoms with Gasteiger partial charge >= 0.3 is 0 Å². The second-order valence-electron chi connectivity index (χ2n) is 11.3. The molecule has 1 saturated carbocycles. The van der Waals surface area contributed by atoms with E-state index >= 15 is 0 Å². The highest BCUT2D eigenvalue weighted by Crippen LogP contribution is 2.49. The summed E-state index contributed by atoms with van der Waals surface area (Å²) in [5.74, 6) is -0.205. The first kappa shape index (κ1) is 24.1. The summed E-state index contributed by atoms with van der Waals surface area (Å²) in [7, 11) is 0. The molecule has 1 amide bonds. The van der Waals surface area contributed by atoms with Gasteiger partial charge in [-0.15, -0.1) is 10.2 Å². The number of carbonyl (C=O) groups excluding carboxylic acids is 1. The molecule has 1 fully saturated rings. The minimum Gasteiger partial charge on any atom is -0.493 e. The van der Waals surface area contributed by atoms with Crippen molar-refractivity contribution in [1.29, 1.82) is 0 Å². The molecule has 0 spiro atoms. The van der Waals surface area contributed by atoms with Crippen molar-refractivity contribution in [2.75, 3.05) is 0 Å². The summed E-state index contributed by atoms with van der Waals surface area (Å²) in [5, 5.41) is 22.7. The lowest BCUT2D eigenvalue weighted by molar-refractivity contribution is -0.119. The molecule has 0 bridgehead atoms. The van der Waals surface area contributed by atoms with Gasteiger partial charge in [-0.1, -0.05) is 106 Å². The van der Waals surface area contributed by atoms with E-state index in [1.807, 2.05) is 47.0 Å². The molecule has 0 aliphatic heterocycles. The second kappa shape index (κ2) is 9.25. The standard InChI is InChI=1S/C33H31N3O2/c1-33(2,3)24-17-15-22(16-18-24)27-19-28(27)31(37)35-34-30-26-13-6-7-14-29(26)36(32(30)38)20-23-11-8-10-21-9-4-5-12-25(21)23/h4-18,27-28,38H,19-20H2,1-3H3/t27-,28-/m1/s1. The Bertz CT molecular complexity index is 1680. The highest BCUT2D eigenvalue weighted by atomic mass is 16.3. The summed E-state index contributed by atoms with van der Waals surface area (Å²) >= 11 is 0. The maximum Gasteiger partial charge on any atom is 0.268 e. The van der Waals surface area contributed by atoms with E-state index in [1.165, 1.54) is 11.1 Å². The van der Waals surface area contributed by atoms with Crippen LogP contribution < -0.4 is 0 Å². The van der Waals surface area contributed by atoms with Crippen LogP contribution in [0.15, 0.2) is 101 Å². The number of hydrogen-bond donors (Lipinski definition) is 1. The summed E-state index contributed by atoms with van der Waals surface area (Å²) in [4.78, 5) is 12.9. The van der Waals surface area contributed by atoms with Crippen molar-refractivity contribution in [3.63, 3.8) is 0 Å². The predicted molar refractivity (Wildman–Crippen MR) is 152 cm³/mol. The maximum absolute atomic E-state index is 12.9. The van der Waals surface area contributed by atoms with E-state index in [-0.39, 0.29) is 29.0 Å². The normalized spacial score (nSPS) is 17.4. The Morgan fingerprint density at radius 3 is 2.34 bits per heavy atom. The molecule has 190 valence electrons. The third-order valence-electron chi connectivity index (χ3n) is 7.69. The zero-order valence-electron chi connectivity index (χ0n) is 21.9. The number of fused-ring (bicyclic) bond motifs is 2. The summed E-state index contributed by atoms with van der Waals surface area (Å²) in [6.45, 7) is 7.06. The first-order valence-electron chi connectivity index (χ1n) is 13.1. The van der Waals surface area contributed by atoms with Crippen LogP contribution in [-0.2, 0) is 16.8 Å². The fourth-order valence-electron chi connectivity index (χ4n) is 5.37. The van der Waals surface area contributed by atoms with Gasteiger partial charge in [-0.2, -0.15) is 0 Å². The summed E-state index contributed by atoms with van der Waals surface area (Å²) < 4.78 is 1.84. The van der Waals surface area contributed by atoms with E-state index in [2.05, 4.69) is 79.5 Å². The third kappa shape index (κ3) is 4.38. The molecule has 1 aliphatic rings. The van der Waals surface area contributed by atoms with E-state index in [4.69, 9.17) is 0 Å². The quantitative estimate of drug-likeness (QED) is 0.246. The second-order valence-corrected chi connectivity index (χ2v) is 11.3. The largest absolute Gasteiger partial charge is 0.493 e. The highest BCUT2D eigenvalue weighted by Gasteiger charge is 2.44. The molecule has 1 aromatic heterocycles. The zero-order valence-corrected chi connectivity index (χ0v) is 21.9. The van der Waals surface area contributed by atoms with Crippen molar-refractivity contribution in [3.05, 3.63) is 108 Å². The van der Waals surface area contributed by atoms with Crippen molar-refractivity contribution in [2.45, 2.75) is 45.1 Å². The van der Waals surface area contributed by atoms with Crippen LogP contribution in [0.25, 0.3) is 21.7 Å². The summed E-state index contributed by atoms with van der Waals surface area (Å²) in [6.07, 6.45) is 0.779. The molecule has 1 heterocycles. The fourth-order valence-corrected chi connectivity index (χ4v) is 5.37. The average molecular weight is 502 g/mol. The number of hydrogen-bond acceptors (Lipinski definition) is 3. The van der Waals surface area contributed by atoms with Crippen LogP contribution in [0.2, 0.25) is 0 Å². The minimum absolute atomic E-state index is 0.0146. The molecule has 1 N–H and O–H groups in total. The van der Waals surface area contributed by atoms with Crippen molar-refractivity contribution >= 4 is 33.3 Å². The van der Waals surface area contributed by atoms with Gasteiger partial charge in [0.05, 0.1) is 12.1 Å². The van der Waals surface area contributed by atoms with Crippen molar-refractivity contribution in [1.82, 2.24) is 4.57 Å². The molecule has 0 radical (unpaired) electrons. The summed E-state index contributed by atoms with van der Waals surface area (Å²) in [6, 6.07) is 30.7. The minimum atomic E-state index is -0.236. The number of aromatic hydroxyl groups is 1. The average Bonchev–Trinajstić information content (AvgIpc) is 3.68. The molecular weight excluding hydrogens is 470 g/mol. The first-order valence-corrected chi connectivity index (χ1v) is 13.1. The third-order valence-corrected chi connectivity index (χ3v) is 7.69. The van der Waals surface area contributed by atoms with E-state index in [0.717, 1.165) is 33.7 Å². The molecule has 38 heavy (non-hydrogen) atoms. The molecule has 4 aromatic carbocycles. The van der Waals surface area contributed by atoms with Gasteiger partial charge in [0.2, 0.25) is 5.88 Å². The molecule has 5 heteroatoms. The topological polar surface area (TPSA) is 66.9 Å². The molecule has 1 aliphatic carbocycles. The summed E-state index contributed by atoms with van der Waals surface area (Å²) in [5.41, 5.74) is 4.82. The maximum atomic E-state index is 12.9. The Labute approximate surface area is 222 Å². The first-order chi connectivity index (χ1) is 18.3. The van der Waals surface area contributed by atoms with Crippen molar-refractivity contribution in [2.24, 2.45) is 16.1 Å². The predicted octanol–water partition coefficient (Wildman–Crippen LogP) is 8.26. The van der Waals surface area contributed by atoms with Gasteiger partial charge in [-0.3, -0.25) is 4.79 Å². The number of nitrogens with zero attached hydrogens (tertiary/aromatic N) is 3. The number of amides is 1. The van der Waals surface area contributed by atoms with E-state index in [9.17, 15) is 9.90 Å². The Hall–Kier alpha value is -4.25. The van der Waals surface area contributed by atoms with Crippen LogP contribution >= 0.6 is 0 Å². The molecule has 5 aromatic rings. The smallest absolute Gasteiger partial charge is 0.268 e. The van der Waals surface area contributed by atoms with Gasteiger partial charge in [0.15, 0.2) is 5.69 Å². The number of carbonyl (C=O) groups is 1. The highest BCUT2D eigenvalue weighted by molar-refractivity contribution is 5.96. The number of azo groups is 1. The Morgan fingerprint density at radius 1 is 0.895 bits per heavy atom. The Balaban J connectivity index is 1.26. The SMILES string of the molecule is CC(C)(C)c1ccc([C@H]2C[C@H]2C(=O)N=Nc2c(O)n(Cc3cccc4ccccc34)c3ccccc23)cc1. The number of benzene rings is 4. The molecule has 6 rings (SSSR count). The monoisotopic (exact) mass is 501 g/mol. The van der Waals surface area contributed by atoms with Crippen molar-refractivity contribution < 1.29 is 9.90 Å². The van der Waals surface area contributed by atoms with Crippen LogP contribution in [0, 0.1) is 5.92 Å². The number of aromatic nitrogens is 1. The lowest BCUT2D eigenvalue weighted by Gasteiger charge is -2.19. The van der Waals surface area contributed by atoms with Gasteiger partial charge < -0.3 is 9.67 Å². The van der Waals surface area contributed by atoms with Crippen LogP contribution in [-0.4, -0.2) is 15.6 Å². The van der Waals surface area contributed by atoms with Crippen LogP contribution in [0.5, 0.6) is 5.88 Å². The van der Waals surface area contributed by atoms with Gasteiger partial charge in [-0.25, -0.2) is 0 Å². The van der Waals surface area contributed by atoms with Crippen LogP contribution in [0.3, 0.4) is 0 Å². The molecule has 0 unspecified atom stereocenters. The Kier molecular flexibility index (Phi) is 5.87. The molecule has 5 nitrogen and oxygen atoms in total. The lowest BCUT2D eigenvalue weighted by Crippen LogP contribution is -2.10. The van der Waals surface area contributed by atoms with Gasteiger partial charge in [-0.05, 0) is 51.3 Å². The van der Waals surface area contributed by atoms with Gasteiger partial charge in [0.1, 0.15) is 0 Å². The number of rotatable bonds is 5.